The number of carbonyl (C=O) groups is 1. The summed E-state index contributed by atoms with van der Waals surface area (Å²) in [6.07, 6.45) is -3.78. The number of alkyl halides is 3. The normalized spacial score (nSPS) is 11.8. The second-order valence-corrected chi connectivity index (χ2v) is 5.59. The van der Waals surface area contributed by atoms with Crippen molar-refractivity contribution >= 4 is 17.5 Å². The number of esters is 1. The Morgan fingerprint density at radius 1 is 1.11 bits per heavy atom. The van der Waals surface area contributed by atoms with Crippen LogP contribution in [-0.2, 0) is 22.1 Å². The topological polar surface area (TPSA) is 64.3 Å². The molecule has 0 radical (unpaired) electrons. The molecule has 2 aromatic carbocycles. The van der Waals surface area contributed by atoms with E-state index in [4.69, 9.17) is 4.74 Å². The quantitative estimate of drug-likeness (QED) is 0.310. The highest BCUT2D eigenvalue weighted by atomic mass is 19.4. The number of hydrazine groups is 1. The highest BCUT2D eigenvalue weighted by Gasteiger charge is 2.30. The van der Waals surface area contributed by atoms with E-state index in [9.17, 15) is 18.0 Å². The minimum atomic E-state index is -4.45. The first-order valence-electron chi connectivity index (χ1n) is 8.41. The molecule has 0 saturated heterocycles. The van der Waals surface area contributed by atoms with Crippen molar-refractivity contribution in [3.63, 3.8) is 0 Å². The average molecular weight is 380 g/mol. The van der Waals surface area contributed by atoms with E-state index >= 15 is 0 Å². The second kappa shape index (κ2) is 9.61. The third-order valence-corrected chi connectivity index (χ3v) is 3.56. The van der Waals surface area contributed by atoms with E-state index in [0.717, 1.165) is 17.7 Å². The predicted molar refractivity (Wildman–Crippen MR) is 95.8 cm³/mol. The molecule has 0 saturated carbocycles. The van der Waals surface area contributed by atoms with Gasteiger partial charge >= 0.3 is 18.0 Å². The molecule has 2 rings (SSSR count). The van der Waals surface area contributed by atoms with Crippen molar-refractivity contribution in [1.29, 1.82) is 0 Å². The van der Waals surface area contributed by atoms with Crippen LogP contribution in [0, 0.1) is 0 Å². The van der Waals surface area contributed by atoms with E-state index in [2.05, 4.69) is 15.8 Å². The molecular weight excluding hydrogens is 359 g/mol. The van der Waals surface area contributed by atoms with Crippen LogP contribution in [-0.4, -0.2) is 25.0 Å². The molecule has 0 bridgehead atoms. The van der Waals surface area contributed by atoms with Gasteiger partial charge in [-0.2, -0.15) is 18.6 Å². The number of benzene rings is 2. The van der Waals surface area contributed by atoms with Crippen LogP contribution in [0.15, 0.2) is 54.6 Å². The molecule has 0 spiro atoms. The summed E-state index contributed by atoms with van der Waals surface area (Å²) in [5.41, 5.74) is 5.65. The third kappa shape index (κ3) is 6.65. The predicted octanol–water partition coefficient (Wildman–Crippen LogP) is 1.91. The summed E-state index contributed by atoms with van der Waals surface area (Å²) in [5.74, 6) is -0.616. The summed E-state index contributed by atoms with van der Waals surface area (Å²) in [6, 6.07) is 14.3. The maximum Gasteiger partial charge on any atom is 0.423 e. The first-order chi connectivity index (χ1) is 12.9. The van der Waals surface area contributed by atoms with E-state index in [1.54, 1.807) is 6.92 Å². The fourth-order valence-corrected chi connectivity index (χ4v) is 2.26. The number of carbonyl (C=O) groups excluding carboxylic acids is 1. The number of nitrogens with one attached hydrogen (secondary N) is 3. The van der Waals surface area contributed by atoms with Gasteiger partial charge in [-0.25, -0.2) is 10.2 Å². The Morgan fingerprint density at radius 3 is 2.52 bits per heavy atom. The number of anilines is 1. The molecule has 0 unspecified atom stereocenters. The first-order valence-corrected chi connectivity index (χ1v) is 8.41. The van der Waals surface area contributed by atoms with Crippen LogP contribution in [0.5, 0.6) is 0 Å². The van der Waals surface area contributed by atoms with Crippen molar-refractivity contribution in [2.75, 3.05) is 18.6 Å². The summed E-state index contributed by atoms with van der Waals surface area (Å²) in [5, 5.41) is 0. The lowest BCUT2D eigenvalue weighted by molar-refractivity contribution is -0.458. The molecule has 5 nitrogen and oxygen atoms in total. The molecule has 3 N–H and O–H groups in total. The van der Waals surface area contributed by atoms with E-state index in [1.165, 1.54) is 12.1 Å². The number of hydrogen-bond donors (Lipinski definition) is 3. The molecule has 144 valence electrons. The highest BCUT2D eigenvalue weighted by Crippen LogP contribution is 2.30. The van der Waals surface area contributed by atoms with Crippen LogP contribution in [0.3, 0.4) is 0 Å². The number of amidine groups is 1. The van der Waals surface area contributed by atoms with Crippen molar-refractivity contribution in [2.24, 2.45) is 0 Å². The van der Waals surface area contributed by atoms with Crippen LogP contribution < -0.4 is 15.8 Å². The van der Waals surface area contributed by atoms with Crippen molar-refractivity contribution in [2.45, 2.75) is 19.5 Å². The van der Waals surface area contributed by atoms with Gasteiger partial charge in [-0.1, -0.05) is 36.4 Å². The van der Waals surface area contributed by atoms with Gasteiger partial charge in [-0.3, -0.25) is 4.99 Å². The van der Waals surface area contributed by atoms with Crippen LogP contribution in [0.1, 0.15) is 18.1 Å². The lowest BCUT2D eigenvalue weighted by Crippen LogP contribution is -2.79. The Balaban J connectivity index is 2.04. The largest absolute Gasteiger partial charge is 0.457 e. The van der Waals surface area contributed by atoms with Gasteiger partial charge in [0.1, 0.15) is 0 Å². The molecule has 0 aromatic heterocycles. The van der Waals surface area contributed by atoms with Gasteiger partial charge in [0.05, 0.1) is 24.4 Å². The Kier molecular flexibility index (Phi) is 7.22. The van der Waals surface area contributed by atoms with Gasteiger partial charge in [0, 0.05) is 6.42 Å². The summed E-state index contributed by atoms with van der Waals surface area (Å²) in [4.78, 5) is 14.9. The molecule has 27 heavy (non-hydrogen) atoms. The summed E-state index contributed by atoms with van der Waals surface area (Å²) < 4.78 is 43.3. The molecular formula is C19H21F3N3O2+. The summed E-state index contributed by atoms with van der Waals surface area (Å²) in [7, 11) is 0. The zero-order valence-corrected chi connectivity index (χ0v) is 14.8. The summed E-state index contributed by atoms with van der Waals surface area (Å²) in [6.45, 7) is 2.28. The minimum Gasteiger partial charge on any atom is -0.457 e. The van der Waals surface area contributed by atoms with Crippen LogP contribution >= 0.6 is 0 Å². The molecule has 8 heteroatoms. The third-order valence-electron chi connectivity index (χ3n) is 3.56. The molecule has 0 atom stereocenters. The number of ether oxygens (including phenoxy) is 1. The standard InChI is InChI=1S/C19H20F3N3O2/c1-2-27-18(26)17(23-12-11-14-7-4-3-5-8-14)25-24-16-10-6-9-15(13-16)19(20,21)22/h3-10,13,24H,2,11-12H2,1H3,(H,23,25)/p+1. The number of halogens is 3. The molecule has 0 fully saturated rings. The Bertz CT molecular complexity index is 777. The first kappa shape index (κ1) is 20.3. The van der Waals surface area contributed by atoms with Gasteiger partial charge in [0.2, 0.25) is 0 Å². The SMILES string of the molecule is CCOC(=O)C(NNc1cccc(C(F)(F)F)c1)=[NH+]CCc1ccccc1. The van der Waals surface area contributed by atoms with E-state index < -0.39 is 17.7 Å². The van der Waals surface area contributed by atoms with Gasteiger partial charge in [-0.15, -0.1) is 0 Å². The number of rotatable bonds is 6. The zero-order valence-electron chi connectivity index (χ0n) is 14.8. The van der Waals surface area contributed by atoms with Gasteiger partial charge < -0.3 is 4.74 Å². The van der Waals surface area contributed by atoms with Crippen molar-refractivity contribution < 1.29 is 27.7 Å². The smallest absolute Gasteiger partial charge is 0.423 e. The molecule has 0 amide bonds. The molecule has 0 heterocycles. The van der Waals surface area contributed by atoms with Gasteiger partial charge in [-0.05, 0) is 30.7 Å². The molecule has 0 aliphatic carbocycles. The Morgan fingerprint density at radius 2 is 1.85 bits per heavy atom. The van der Waals surface area contributed by atoms with E-state index in [1.807, 2.05) is 30.3 Å². The maximum absolute atomic E-state index is 12.8. The molecule has 2 aromatic rings. The van der Waals surface area contributed by atoms with Crippen LogP contribution in [0.25, 0.3) is 0 Å². The Labute approximate surface area is 155 Å². The summed E-state index contributed by atoms with van der Waals surface area (Å²) >= 11 is 0. The molecule has 0 aliphatic heterocycles. The Hall–Kier alpha value is -3.03. The number of hydrogen-bond acceptors (Lipinski definition) is 3. The van der Waals surface area contributed by atoms with E-state index in [0.29, 0.717) is 13.0 Å². The second-order valence-electron chi connectivity index (χ2n) is 5.59. The van der Waals surface area contributed by atoms with Crippen LogP contribution in [0.4, 0.5) is 18.9 Å². The fourth-order valence-electron chi connectivity index (χ4n) is 2.26. The lowest BCUT2D eigenvalue weighted by atomic mass is 10.2. The lowest BCUT2D eigenvalue weighted by Gasteiger charge is -2.09. The monoisotopic (exact) mass is 380 g/mol. The molecule has 0 aliphatic rings. The van der Waals surface area contributed by atoms with Gasteiger partial charge in [0.15, 0.2) is 0 Å². The minimum absolute atomic E-state index is 0.0187. The fraction of sp³-hybridized carbons (Fsp3) is 0.263. The van der Waals surface area contributed by atoms with Crippen LogP contribution in [0.2, 0.25) is 0 Å². The van der Waals surface area contributed by atoms with Gasteiger partial charge in [0.25, 0.3) is 0 Å². The maximum atomic E-state index is 12.8. The van der Waals surface area contributed by atoms with E-state index in [-0.39, 0.29) is 18.1 Å². The van der Waals surface area contributed by atoms with Crippen molar-refractivity contribution in [3.8, 4) is 0 Å². The van der Waals surface area contributed by atoms with Crippen molar-refractivity contribution in [1.82, 2.24) is 5.43 Å². The van der Waals surface area contributed by atoms with Crippen molar-refractivity contribution in [3.05, 3.63) is 65.7 Å². The zero-order chi connectivity index (χ0) is 19.7. The highest BCUT2D eigenvalue weighted by molar-refractivity contribution is 6.32. The average Bonchev–Trinajstić information content (AvgIpc) is 2.65.